The summed E-state index contributed by atoms with van der Waals surface area (Å²) < 4.78 is 0. The molecule has 3 aromatic carbocycles. The van der Waals surface area contributed by atoms with Crippen LogP contribution < -0.4 is 10.6 Å². The summed E-state index contributed by atoms with van der Waals surface area (Å²) in [6.07, 6.45) is 5.66. The van der Waals surface area contributed by atoms with Gasteiger partial charge in [-0.1, -0.05) is 84.4 Å². The van der Waals surface area contributed by atoms with Crippen LogP contribution in [0.1, 0.15) is 51.0 Å². The molecule has 0 fully saturated rings. The molecule has 1 aliphatic carbocycles. The van der Waals surface area contributed by atoms with Crippen molar-refractivity contribution in [2.45, 2.75) is 31.8 Å². The van der Waals surface area contributed by atoms with Crippen LogP contribution >= 0.6 is 0 Å². The zero-order valence-corrected chi connectivity index (χ0v) is 17.1. The van der Waals surface area contributed by atoms with Crippen molar-refractivity contribution >= 4 is 11.6 Å². The van der Waals surface area contributed by atoms with E-state index in [-0.39, 0.29) is 11.9 Å². The Balaban J connectivity index is 1.47. The predicted molar refractivity (Wildman–Crippen MR) is 122 cm³/mol. The summed E-state index contributed by atoms with van der Waals surface area (Å²) >= 11 is 0. The van der Waals surface area contributed by atoms with E-state index in [1.807, 2.05) is 42.5 Å². The van der Waals surface area contributed by atoms with Gasteiger partial charge in [0, 0.05) is 12.5 Å². The third-order valence-electron chi connectivity index (χ3n) is 6.37. The van der Waals surface area contributed by atoms with Crippen LogP contribution in [0.2, 0.25) is 0 Å². The maximum Gasteiger partial charge on any atom is 0.253 e. The number of benzene rings is 3. The Morgan fingerprint density at radius 1 is 1.00 bits per heavy atom. The Morgan fingerprint density at radius 2 is 1.80 bits per heavy atom. The van der Waals surface area contributed by atoms with Crippen molar-refractivity contribution < 1.29 is 4.79 Å². The van der Waals surface area contributed by atoms with Gasteiger partial charge in [-0.2, -0.15) is 0 Å². The molecule has 3 atom stereocenters. The van der Waals surface area contributed by atoms with E-state index in [9.17, 15) is 4.79 Å². The van der Waals surface area contributed by atoms with Gasteiger partial charge >= 0.3 is 0 Å². The highest BCUT2D eigenvalue weighted by Gasteiger charge is 2.39. The summed E-state index contributed by atoms with van der Waals surface area (Å²) in [5.74, 6) is 0.781. The molecule has 3 nitrogen and oxygen atoms in total. The first-order chi connectivity index (χ1) is 14.7. The van der Waals surface area contributed by atoms with Gasteiger partial charge in [0.05, 0.1) is 17.3 Å². The number of anilines is 1. The highest BCUT2D eigenvalue weighted by molar-refractivity contribution is 6.00. The smallest absolute Gasteiger partial charge is 0.253 e. The first kappa shape index (κ1) is 18.7. The monoisotopic (exact) mass is 394 g/mol. The van der Waals surface area contributed by atoms with Crippen LogP contribution in [0.25, 0.3) is 0 Å². The minimum atomic E-state index is -0.0358. The molecular weight excluding hydrogens is 368 g/mol. The van der Waals surface area contributed by atoms with Gasteiger partial charge in [0.2, 0.25) is 0 Å². The maximum atomic E-state index is 13.1. The number of para-hydroxylation sites is 1. The highest BCUT2D eigenvalue weighted by Crippen LogP contribution is 2.50. The van der Waals surface area contributed by atoms with E-state index in [2.05, 4.69) is 60.0 Å². The number of fused-ring (bicyclic) bond motifs is 3. The summed E-state index contributed by atoms with van der Waals surface area (Å²) in [5, 5.41) is 6.84. The van der Waals surface area contributed by atoms with Gasteiger partial charge < -0.3 is 10.6 Å². The molecule has 0 bridgehead atoms. The van der Waals surface area contributed by atoms with E-state index in [1.54, 1.807) is 0 Å². The number of hydrogen-bond acceptors (Lipinski definition) is 2. The van der Waals surface area contributed by atoms with Crippen LogP contribution in [0.4, 0.5) is 5.69 Å². The van der Waals surface area contributed by atoms with Gasteiger partial charge in [-0.05, 0) is 42.0 Å². The van der Waals surface area contributed by atoms with Gasteiger partial charge in [0.1, 0.15) is 0 Å². The van der Waals surface area contributed by atoms with E-state index < -0.39 is 0 Å². The highest BCUT2D eigenvalue weighted by atomic mass is 16.1. The van der Waals surface area contributed by atoms with E-state index >= 15 is 0 Å². The molecule has 0 aromatic heterocycles. The number of carbonyl (C=O) groups excluding carboxylic acids is 1. The largest absolute Gasteiger partial charge is 0.377 e. The Morgan fingerprint density at radius 3 is 2.60 bits per heavy atom. The molecule has 150 valence electrons. The van der Waals surface area contributed by atoms with E-state index in [0.29, 0.717) is 18.4 Å². The normalized spacial score (nSPS) is 21.4. The number of carbonyl (C=O) groups is 1. The minimum Gasteiger partial charge on any atom is -0.377 e. The van der Waals surface area contributed by atoms with E-state index in [0.717, 1.165) is 23.2 Å². The fraction of sp³-hybridized carbons (Fsp3) is 0.222. The summed E-state index contributed by atoms with van der Waals surface area (Å²) in [4.78, 5) is 13.1. The zero-order valence-electron chi connectivity index (χ0n) is 17.1. The quantitative estimate of drug-likeness (QED) is 0.553. The Bertz CT molecular complexity index is 1090. The van der Waals surface area contributed by atoms with Gasteiger partial charge in [-0.15, -0.1) is 0 Å². The fourth-order valence-corrected chi connectivity index (χ4v) is 4.79. The van der Waals surface area contributed by atoms with Crippen molar-refractivity contribution in [3.8, 4) is 0 Å². The summed E-state index contributed by atoms with van der Waals surface area (Å²) in [5.41, 5.74) is 6.56. The molecular formula is C27H26N2O. The number of amides is 1. The van der Waals surface area contributed by atoms with Crippen LogP contribution in [0.5, 0.6) is 0 Å². The molecule has 5 rings (SSSR count). The number of hydrogen-bond donors (Lipinski definition) is 2. The lowest BCUT2D eigenvalue weighted by molar-refractivity contribution is 0.0951. The zero-order chi connectivity index (χ0) is 20.5. The van der Waals surface area contributed by atoms with Gasteiger partial charge in [0.25, 0.3) is 5.91 Å². The molecule has 3 heteroatoms. The van der Waals surface area contributed by atoms with Crippen molar-refractivity contribution in [2.75, 3.05) is 5.32 Å². The van der Waals surface area contributed by atoms with Gasteiger partial charge in [-0.3, -0.25) is 4.79 Å². The number of rotatable bonds is 4. The molecule has 30 heavy (non-hydrogen) atoms. The van der Waals surface area contributed by atoms with Crippen molar-refractivity contribution in [3.63, 3.8) is 0 Å². The molecule has 1 heterocycles. The van der Waals surface area contributed by atoms with Crippen molar-refractivity contribution in [3.05, 3.63) is 113 Å². The molecule has 2 N–H and O–H groups in total. The number of aryl methyl sites for hydroxylation is 1. The average molecular weight is 395 g/mol. The van der Waals surface area contributed by atoms with Crippen LogP contribution in [0.3, 0.4) is 0 Å². The van der Waals surface area contributed by atoms with E-state index in [1.165, 1.54) is 16.7 Å². The van der Waals surface area contributed by atoms with Crippen molar-refractivity contribution in [2.24, 2.45) is 5.92 Å². The third kappa shape index (κ3) is 3.41. The molecule has 0 spiro atoms. The fourth-order valence-electron chi connectivity index (χ4n) is 4.79. The Labute approximate surface area is 177 Å². The lowest BCUT2D eigenvalue weighted by Crippen LogP contribution is -2.32. The first-order valence-corrected chi connectivity index (χ1v) is 10.7. The van der Waals surface area contributed by atoms with Gasteiger partial charge in [0.15, 0.2) is 0 Å². The van der Waals surface area contributed by atoms with Gasteiger partial charge in [-0.25, -0.2) is 0 Å². The van der Waals surface area contributed by atoms with Crippen LogP contribution in [-0.2, 0) is 6.54 Å². The molecule has 3 unspecified atom stereocenters. The van der Waals surface area contributed by atoms with Crippen LogP contribution in [-0.4, -0.2) is 5.91 Å². The summed E-state index contributed by atoms with van der Waals surface area (Å²) in [6.45, 7) is 2.64. The second kappa shape index (κ2) is 7.83. The Kier molecular flexibility index (Phi) is 4.88. The molecule has 1 amide bonds. The molecule has 3 aromatic rings. The average Bonchev–Trinajstić information content (AvgIpc) is 3.28. The second-order valence-electron chi connectivity index (χ2n) is 8.32. The van der Waals surface area contributed by atoms with E-state index in [4.69, 9.17) is 0 Å². The Hall–Kier alpha value is -3.33. The SMILES string of the molecule is Cc1ccc(C2Nc3c(C(=O)NCc4ccccc4)cccc3C3C=CCC32)cc1. The molecule has 1 aliphatic heterocycles. The molecule has 0 radical (unpaired) electrons. The van der Waals surface area contributed by atoms with Crippen molar-refractivity contribution in [1.29, 1.82) is 0 Å². The number of nitrogens with one attached hydrogen (secondary N) is 2. The second-order valence-corrected chi connectivity index (χ2v) is 8.32. The number of allylic oxidation sites excluding steroid dienone is 2. The first-order valence-electron chi connectivity index (χ1n) is 10.7. The third-order valence-corrected chi connectivity index (χ3v) is 6.37. The molecule has 0 saturated carbocycles. The van der Waals surface area contributed by atoms with Crippen molar-refractivity contribution in [1.82, 2.24) is 5.32 Å². The predicted octanol–water partition coefficient (Wildman–Crippen LogP) is 5.75. The van der Waals surface area contributed by atoms with Crippen LogP contribution in [0.15, 0.2) is 84.9 Å². The minimum absolute atomic E-state index is 0.0358. The summed E-state index contributed by atoms with van der Waals surface area (Å²) in [7, 11) is 0. The standard InChI is InChI=1S/C27H26N2O/c1-18-13-15-20(16-14-18)25-22-10-5-9-21(22)23-11-6-12-24(26(23)29-25)27(30)28-17-19-7-3-2-4-8-19/h2-9,11-16,21-22,25,29H,10,17H2,1H3,(H,28,30). The lowest BCUT2D eigenvalue weighted by Gasteiger charge is -2.38. The summed E-state index contributed by atoms with van der Waals surface area (Å²) in [6, 6.07) is 25.1. The van der Waals surface area contributed by atoms with Crippen LogP contribution in [0, 0.1) is 12.8 Å². The maximum absolute atomic E-state index is 13.1. The molecule has 2 aliphatic rings. The topological polar surface area (TPSA) is 41.1 Å². The molecule has 0 saturated heterocycles. The lowest BCUT2D eigenvalue weighted by atomic mass is 9.76.